The number of furan rings is 1. The first-order valence-corrected chi connectivity index (χ1v) is 8.34. The monoisotopic (exact) mass is 339 g/mol. The average molecular weight is 340 g/mol. The van der Waals surface area contributed by atoms with Crippen molar-refractivity contribution in [3.63, 3.8) is 0 Å². The Labute approximate surface area is 137 Å². The van der Waals surface area contributed by atoms with Gasteiger partial charge in [-0.3, -0.25) is 0 Å². The fraction of sp³-hybridized carbons (Fsp3) is 0.250. The number of rotatable bonds is 4. The highest BCUT2D eigenvalue weighted by Gasteiger charge is 2.22. The van der Waals surface area contributed by atoms with Crippen LogP contribution in [0.25, 0.3) is 11.0 Å². The van der Waals surface area contributed by atoms with Gasteiger partial charge in [0.1, 0.15) is 11.3 Å². The quantitative estimate of drug-likeness (QED) is 0.648. The van der Waals surface area contributed by atoms with Gasteiger partial charge in [0.15, 0.2) is 0 Å². The first kappa shape index (κ1) is 14.9. The Balaban J connectivity index is 2.08. The molecule has 1 atom stereocenters. The van der Waals surface area contributed by atoms with Gasteiger partial charge >= 0.3 is 0 Å². The van der Waals surface area contributed by atoms with Crippen molar-refractivity contribution in [3.8, 4) is 0 Å². The van der Waals surface area contributed by atoms with E-state index in [1.54, 1.807) is 0 Å². The molecule has 2 aromatic heterocycles. The van der Waals surface area contributed by atoms with Crippen LogP contribution in [0.3, 0.4) is 0 Å². The molecule has 21 heavy (non-hydrogen) atoms. The molecule has 2 nitrogen and oxygen atoms in total. The SMILES string of the molecule is CCNC(c1cc2cc(C)ccc2o1)c1cc(Cl)sc1Cl. The van der Waals surface area contributed by atoms with E-state index in [1.165, 1.54) is 16.9 Å². The molecule has 1 N–H and O–H groups in total. The Bertz CT molecular complexity index is 778. The maximum Gasteiger partial charge on any atom is 0.134 e. The summed E-state index contributed by atoms with van der Waals surface area (Å²) in [6.07, 6.45) is 0. The predicted molar refractivity (Wildman–Crippen MR) is 90.8 cm³/mol. The summed E-state index contributed by atoms with van der Waals surface area (Å²) in [7, 11) is 0. The number of thiophene rings is 1. The highest BCUT2D eigenvalue weighted by Crippen LogP contribution is 2.38. The zero-order chi connectivity index (χ0) is 15.0. The smallest absolute Gasteiger partial charge is 0.134 e. The van der Waals surface area contributed by atoms with E-state index in [-0.39, 0.29) is 6.04 Å². The molecule has 0 saturated carbocycles. The largest absolute Gasteiger partial charge is 0.459 e. The normalized spacial score (nSPS) is 13.0. The molecule has 0 bridgehead atoms. The van der Waals surface area contributed by atoms with Crippen LogP contribution in [0, 0.1) is 6.92 Å². The minimum atomic E-state index is -0.0843. The standard InChI is InChI=1S/C16H15Cl2NOS/c1-3-19-15(11-8-14(17)21-16(11)18)13-7-10-6-9(2)4-5-12(10)20-13/h4-8,15,19H,3H2,1-2H3. The van der Waals surface area contributed by atoms with Gasteiger partial charge in [0.05, 0.1) is 14.7 Å². The van der Waals surface area contributed by atoms with E-state index in [2.05, 4.69) is 31.3 Å². The molecule has 0 spiro atoms. The van der Waals surface area contributed by atoms with Gasteiger partial charge in [0.25, 0.3) is 0 Å². The van der Waals surface area contributed by atoms with Crippen molar-refractivity contribution in [2.75, 3.05) is 6.54 Å². The van der Waals surface area contributed by atoms with Gasteiger partial charge < -0.3 is 9.73 Å². The van der Waals surface area contributed by atoms with Crippen LogP contribution in [0.1, 0.15) is 29.9 Å². The highest BCUT2D eigenvalue weighted by molar-refractivity contribution is 7.20. The van der Waals surface area contributed by atoms with Crippen molar-refractivity contribution < 1.29 is 4.42 Å². The van der Waals surface area contributed by atoms with Crippen LogP contribution in [0.15, 0.2) is 34.7 Å². The second-order valence-electron chi connectivity index (χ2n) is 4.96. The van der Waals surface area contributed by atoms with E-state index in [0.717, 1.165) is 28.8 Å². The first-order valence-electron chi connectivity index (χ1n) is 6.76. The molecule has 0 amide bonds. The molecule has 0 fully saturated rings. The minimum Gasteiger partial charge on any atom is -0.459 e. The van der Waals surface area contributed by atoms with E-state index in [1.807, 2.05) is 18.2 Å². The van der Waals surface area contributed by atoms with Crippen molar-refractivity contribution in [1.82, 2.24) is 5.32 Å². The van der Waals surface area contributed by atoms with Crippen molar-refractivity contribution in [2.24, 2.45) is 0 Å². The number of benzene rings is 1. The van der Waals surface area contributed by atoms with Crippen molar-refractivity contribution in [1.29, 1.82) is 0 Å². The molecule has 0 saturated heterocycles. The number of hydrogen-bond acceptors (Lipinski definition) is 3. The second-order valence-corrected chi connectivity index (χ2v) is 7.25. The molecule has 0 aliphatic carbocycles. The van der Waals surface area contributed by atoms with Crippen LogP contribution in [0.5, 0.6) is 0 Å². The minimum absolute atomic E-state index is 0.0843. The predicted octanol–water partition coefficient (Wildman–Crippen LogP) is 5.81. The van der Waals surface area contributed by atoms with Crippen LogP contribution in [-0.2, 0) is 0 Å². The van der Waals surface area contributed by atoms with Crippen LogP contribution in [-0.4, -0.2) is 6.54 Å². The van der Waals surface area contributed by atoms with Crippen molar-refractivity contribution in [2.45, 2.75) is 19.9 Å². The fourth-order valence-electron chi connectivity index (χ4n) is 2.44. The van der Waals surface area contributed by atoms with E-state index in [0.29, 0.717) is 8.67 Å². The lowest BCUT2D eigenvalue weighted by Gasteiger charge is -2.14. The molecule has 2 heterocycles. The molecule has 0 aliphatic rings. The summed E-state index contributed by atoms with van der Waals surface area (Å²) >= 11 is 13.8. The summed E-state index contributed by atoms with van der Waals surface area (Å²) in [5.41, 5.74) is 3.06. The van der Waals surface area contributed by atoms with E-state index in [9.17, 15) is 0 Å². The Morgan fingerprint density at radius 1 is 1.24 bits per heavy atom. The molecule has 0 aliphatic heterocycles. The second kappa shape index (κ2) is 6.01. The molecule has 0 radical (unpaired) electrons. The van der Waals surface area contributed by atoms with E-state index in [4.69, 9.17) is 27.6 Å². The third kappa shape index (κ3) is 2.97. The number of hydrogen-bond donors (Lipinski definition) is 1. The maximum atomic E-state index is 6.30. The van der Waals surface area contributed by atoms with Gasteiger partial charge in [0.2, 0.25) is 0 Å². The molecule has 1 unspecified atom stereocenters. The zero-order valence-corrected chi connectivity index (χ0v) is 14.1. The topological polar surface area (TPSA) is 25.2 Å². The van der Waals surface area contributed by atoms with E-state index >= 15 is 0 Å². The lowest BCUT2D eigenvalue weighted by atomic mass is 10.1. The third-order valence-corrected chi connectivity index (χ3v) is 4.90. The van der Waals surface area contributed by atoms with Gasteiger partial charge in [0, 0.05) is 10.9 Å². The van der Waals surface area contributed by atoms with Gasteiger partial charge in [-0.25, -0.2) is 0 Å². The molecule has 110 valence electrons. The van der Waals surface area contributed by atoms with Gasteiger partial charge in [-0.2, -0.15) is 0 Å². The van der Waals surface area contributed by atoms with Crippen molar-refractivity contribution in [3.05, 3.63) is 55.9 Å². The molecule has 1 aromatic carbocycles. The Morgan fingerprint density at radius 2 is 2.05 bits per heavy atom. The van der Waals surface area contributed by atoms with Crippen LogP contribution in [0.2, 0.25) is 8.67 Å². The van der Waals surface area contributed by atoms with Crippen LogP contribution >= 0.6 is 34.5 Å². The summed E-state index contributed by atoms with van der Waals surface area (Å²) < 4.78 is 7.38. The summed E-state index contributed by atoms with van der Waals surface area (Å²) in [4.78, 5) is 0. The van der Waals surface area contributed by atoms with E-state index < -0.39 is 0 Å². The summed E-state index contributed by atoms with van der Waals surface area (Å²) in [6, 6.07) is 10.1. The summed E-state index contributed by atoms with van der Waals surface area (Å²) in [5.74, 6) is 0.855. The first-order chi connectivity index (χ1) is 10.1. The van der Waals surface area contributed by atoms with Crippen molar-refractivity contribution >= 4 is 45.5 Å². The lowest BCUT2D eigenvalue weighted by Crippen LogP contribution is -2.21. The van der Waals surface area contributed by atoms with Crippen LogP contribution < -0.4 is 5.32 Å². The maximum absolute atomic E-state index is 6.30. The lowest BCUT2D eigenvalue weighted by molar-refractivity contribution is 0.478. The third-order valence-electron chi connectivity index (χ3n) is 3.38. The van der Waals surface area contributed by atoms with Gasteiger partial charge in [-0.15, -0.1) is 11.3 Å². The van der Waals surface area contributed by atoms with Gasteiger partial charge in [-0.1, -0.05) is 41.8 Å². The fourth-order valence-corrected chi connectivity index (χ4v) is 3.98. The highest BCUT2D eigenvalue weighted by atomic mass is 35.5. The Morgan fingerprint density at radius 3 is 2.71 bits per heavy atom. The Hall–Kier alpha value is -1.00. The molecule has 3 rings (SSSR count). The van der Waals surface area contributed by atoms with Gasteiger partial charge in [-0.05, 0) is 37.7 Å². The number of aryl methyl sites for hydroxylation is 1. The Kier molecular flexibility index (Phi) is 4.27. The molecule has 3 aromatic rings. The molecule has 5 heteroatoms. The average Bonchev–Trinajstić information content (AvgIpc) is 2.98. The number of nitrogens with one attached hydrogen (secondary N) is 1. The summed E-state index contributed by atoms with van der Waals surface area (Å²) in [5, 5.41) is 4.52. The number of fused-ring (bicyclic) bond motifs is 1. The number of halogens is 2. The van der Waals surface area contributed by atoms with Crippen LogP contribution in [0.4, 0.5) is 0 Å². The zero-order valence-electron chi connectivity index (χ0n) is 11.7. The summed E-state index contributed by atoms with van der Waals surface area (Å²) in [6.45, 7) is 4.94. The molecular formula is C16H15Cl2NOS. The molecular weight excluding hydrogens is 325 g/mol.